The van der Waals surface area contributed by atoms with Crippen LogP contribution in [0.15, 0.2) is 66.7 Å². The number of hydrogen-bond acceptors (Lipinski definition) is 8. The molecule has 0 fully saturated rings. The number of rotatable bonds is 6. The highest BCUT2D eigenvalue weighted by Crippen LogP contribution is 2.30. The third kappa shape index (κ3) is 4.50. The fourth-order valence-corrected chi connectivity index (χ4v) is 3.97. The summed E-state index contributed by atoms with van der Waals surface area (Å²) in [6.45, 7) is 0. The van der Waals surface area contributed by atoms with Gasteiger partial charge in [0.05, 0.1) is 20.1 Å². The summed E-state index contributed by atoms with van der Waals surface area (Å²) in [7, 11) is 0. The minimum atomic E-state index is -0.675. The monoisotopic (exact) mass is 463 g/mol. The Balaban J connectivity index is 1.55. The number of carbonyl (C=O) groups excluding carboxylic acids is 2. The van der Waals surface area contributed by atoms with Crippen LogP contribution in [0.2, 0.25) is 0 Å². The fraction of sp³-hybridized carbons (Fsp3) is 0. The maximum absolute atomic E-state index is 12.5. The standard InChI is InChI=1S/C21H13N5O6S/c27-19(13-5-1-3-7-16(13)25(29)30)22-12-9-10-15-18(11-12)33-21(23-15)24-20(28)14-6-2-4-8-17(14)26(31)32/h1-11H,(H,22,27)(H,23,24,28). The van der Waals surface area contributed by atoms with Crippen molar-refractivity contribution in [3.05, 3.63) is 98.1 Å². The molecule has 0 aliphatic rings. The van der Waals surface area contributed by atoms with E-state index >= 15 is 0 Å². The van der Waals surface area contributed by atoms with E-state index in [1.807, 2.05) is 0 Å². The second-order valence-corrected chi connectivity index (χ2v) is 7.69. The van der Waals surface area contributed by atoms with E-state index in [1.165, 1.54) is 48.5 Å². The van der Waals surface area contributed by atoms with Gasteiger partial charge < -0.3 is 5.32 Å². The van der Waals surface area contributed by atoms with Crippen molar-refractivity contribution in [2.75, 3.05) is 10.6 Å². The van der Waals surface area contributed by atoms with Gasteiger partial charge in [0.15, 0.2) is 5.13 Å². The Hall–Kier alpha value is -4.71. The number of nitrogens with one attached hydrogen (secondary N) is 2. The zero-order chi connectivity index (χ0) is 23.5. The van der Waals surface area contributed by atoms with Gasteiger partial charge in [0, 0.05) is 17.8 Å². The van der Waals surface area contributed by atoms with Crippen molar-refractivity contribution in [1.29, 1.82) is 0 Å². The Morgan fingerprint density at radius 1 is 0.788 bits per heavy atom. The molecule has 4 aromatic rings. The summed E-state index contributed by atoms with van der Waals surface area (Å²) in [6.07, 6.45) is 0. The lowest BCUT2D eigenvalue weighted by Gasteiger charge is -2.05. The summed E-state index contributed by atoms with van der Waals surface area (Å²) in [5, 5.41) is 27.7. The van der Waals surface area contributed by atoms with Gasteiger partial charge in [-0.25, -0.2) is 4.98 Å². The van der Waals surface area contributed by atoms with E-state index in [4.69, 9.17) is 0 Å². The molecule has 0 saturated heterocycles. The molecule has 0 spiro atoms. The number of aromatic nitrogens is 1. The van der Waals surface area contributed by atoms with Gasteiger partial charge in [-0.1, -0.05) is 35.6 Å². The molecule has 4 rings (SSSR count). The average molecular weight is 463 g/mol. The van der Waals surface area contributed by atoms with Crippen LogP contribution < -0.4 is 10.6 Å². The van der Waals surface area contributed by atoms with Crippen LogP contribution in [-0.4, -0.2) is 26.6 Å². The molecule has 0 aliphatic heterocycles. The summed E-state index contributed by atoms with van der Waals surface area (Å²) in [5.41, 5.74) is 0.0980. The number of carbonyl (C=O) groups is 2. The summed E-state index contributed by atoms with van der Waals surface area (Å²) in [6, 6.07) is 16.0. The highest BCUT2D eigenvalue weighted by Gasteiger charge is 2.21. The number of nitro groups is 2. The van der Waals surface area contributed by atoms with Crippen LogP contribution in [0, 0.1) is 20.2 Å². The molecule has 0 bridgehead atoms. The van der Waals surface area contributed by atoms with Gasteiger partial charge in [0.1, 0.15) is 11.1 Å². The average Bonchev–Trinajstić information content (AvgIpc) is 3.20. The van der Waals surface area contributed by atoms with E-state index in [1.54, 1.807) is 18.2 Å². The topological polar surface area (TPSA) is 157 Å². The lowest BCUT2D eigenvalue weighted by atomic mass is 10.1. The van der Waals surface area contributed by atoms with Gasteiger partial charge in [0.2, 0.25) is 0 Å². The van der Waals surface area contributed by atoms with Crippen LogP contribution in [-0.2, 0) is 0 Å². The normalized spacial score (nSPS) is 10.5. The van der Waals surface area contributed by atoms with Crippen molar-refractivity contribution in [2.45, 2.75) is 0 Å². The number of anilines is 2. The van der Waals surface area contributed by atoms with E-state index < -0.39 is 21.7 Å². The number of thiazole rings is 1. The number of amides is 2. The van der Waals surface area contributed by atoms with Crippen molar-refractivity contribution in [1.82, 2.24) is 4.98 Å². The second kappa shape index (κ2) is 8.80. The van der Waals surface area contributed by atoms with Crippen molar-refractivity contribution >= 4 is 55.6 Å². The third-order valence-corrected chi connectivity index (χ3v) is 5.49. The summed E-state index contributed by atoms with van der Waals surface area (Å²) < 4.78 is 0.619. The number of para-hydroxylation sites is 2. The zero-order valence-electron chi connectivity index (χ0n) is 16.6. The van der Waals surface area contributed by atoms with Crippen molar-refractivity contribution in [3.63, 3.8) is 0 Å². The first kappa shape index (κ1) is 21.5. The summed E-state index contributed by atoms with van der Waals surface area (Å²) >= 11 is 1.11. The van der Waals surface area contributed by atoms with Crippen molar-refractivity contribution < 1.29 is 19.4 Å². The molecule has 164 valence electrons. The van der Waals surface area contributed by atoms with E-state index in [2.05, 4.69) is 15.6 Å². The number of benzene rings is 3. The number of nitrogens with zero attached hydrogens (tertiary/aromatic N) is 3. The van der Waals surface area contributed by atoms with E-state index in [0.717, 1.165) is 11.3 Å². The lowest BCUT2D eigenvalue weighted by Crippen LogP contribution is -2.13. The number of nitro benzene ring substituents is 2. The van der Waals surface area contributed by atoms with Gasteiger partial charge in [-0.3, -0.25) is 35.1 Å². The molecule has 0 radical (unpaired) electrons. The minimum absolute atomic E-state index is 0.0793. The lowest BCUT2D eigenvalue weighted by molar-refractivity contribution is -0.385. The number of fused-ring (bicyclic) bond motifs is 1. The Morgan fingerprint density at radius 3 is 1.91 bits per heavy atom. The van der Waals surface area contributed by atoms with Crippen LogP contribution in [0.25, 0.3) is 10.2 Å². The van der Waals surface area contributed by atoms with E-state index in [0.29, 0.717) is 15.9 Å². The van der Waals surface area contributed by atoms with Crippen LogP contribution in [0.1, 0.15) is 20.7 Å². The molecule has 0 atom stereocenters. The Morgan fingerprint density at radius 2 is 1.33 bits per heavy atom. The maximum atomic E-state index is 12.5. The second-order valence-electron chi connectivity index (χ2n) is 6.66. The van der Waals surface area contributed by atoms with Gasteiger partial charge >= 0.3 is 0 Å². The molecule has 2 amide bonds. The molecule has 33 heavy (non-hydrogen) atoms. The smallest absolute Gasteiger partial charge is 0.282 e. The summed E-state index contributed by atoms with van der Waals surface area (Å²) in [5.74, 6) is -1.32. The van der Waals surface area contributed by atoms with Crippen LogP contribution >= 0.6 is 11.3 Å². The van der Waals surface area contributed by atoms with Gasteiger partial charge in [0.25, 0.3) is 23.2 Å². The van der Waals surface area contributed by atoms with E-state index in [9.17, 15) is 29.8 Å². The molecule has 0 unspecified atom stereocenters. The largest absolute Gasteiger partial charge is 0.322 e. The minimum Gasteiger partial charge on any atom is -0.322 e. The molecule has 12 heteroatoms. The fourth-order valence-electron chi connectivity index (χ4n) is 3.07. The number of hydrogen-bond donors (Lipinski definition) is 2. The van der Waals surface area contributed by atoms with Crippen LogP contribution in [0.3, 0.4) is 0 Å². The molecular formula is C21H13N5O6S. The zero-order valence-corrected chi connectivity index (χ0v) is 17.4. The van der Waals surface area contributed by atoms with Crippen LogP contribution in [0.5, 0.6) is 0 Å². The highest BCUT2D eigenvalue weighted by atomic mass is 32.1. The molecule has 0 aliphatic carbocycles. The Labute approximate surface area is 189 Å². The van der Waals surface area contributed by atoms with Crippen LogP contribution in [0.4, 0.5) is 22.2 Å². The Kier molecular flexibility index (Phi) is 5.74. The third-order valence-electron chi connectivity index (χ3n) is 4.56. The van der Waals surface area contributed by atoms with Gasteiger partial charge in [-0.15, -0.1) is 0 Å². The predicted octanol–water partition coefficient (Wildman–Crippen LogP) is 4.62. The van der Waals surface area contributed by atoms with Gasteiger partial charge in [-0.2, -0.15) is 0 Å². The first-order valence-corrected chi connectivity index (χ1v) is 10.2. The highest BCUT2D eigenvalue weighted by molar-refractivity contribution is 7.22. The molecular weight excluding hydrogens is 450 g/mol. The quantitative estimate of drug-likeness (QED) is 0.312. The van der Waals surface area contributed by atoms with Crippen molar-refractivity contribution in [3.8, 4) is 0 Å². The predicted molar refractivity (Wildman–Crippen MR) is 122 cm³/mol. The molecule has 0 saturated carbocycles. The first-order chi connectivity index (χ1) is 15.8. The molecule has 1 aromatic heterocycles. The molecule has 1 heterocycles. The van der Waals surface area contributed by atoms with E-state index in [-0.39, 0.29) is 27.6 Å². The van der Waals surface area contributed by atoms with Gasteiger partial charge in [-0.05, 0) is 30.3 Å². The molecule has 11 nitrogen and oxygen atoms in total. The maximum Gasteiger partial charge on any atom is 0.282 e. The molecule has 3 aromatic carbocycles. The van der Waals surface area contributed by atoms with Crippen molar-refractivity contribution in [2.24, 2.45) is 0 Å². The first-order valence-electron chi connectivity index (χ1n) is 9.33. The summed E-state index contributed by atoms with van der Waals surface area (Å²) in [4.78, 5) is 50.4. The molecule has 2 N–H and O–H groups in total. The SMILES string of the molecule is O=C(Nc1ccc2nc(NC(=O)c3ccccc3[N+](=O)[O-])sc2c1)c1ccccc1[N+](=O)[O-]. The Bertz CT molecular complexity index is 1360.